The lowest BCUT2D eigenvalue weighted by molar-refractivity contribution is 0.324. The maximum Gasteiger partial charge on any atom is 0.203 e. The maximum absolute atomic E-state index is 5.31. The Morgan fingerprint density at radius 2 is 1.42 bits per heavy atom. The molecule has 1 aromatic rings. The highest BCUT2D eigenvalue weighted by atomic mass is 16.5. The summed E-state index contributed by atoms with van der Waals surface area (Å²) >= 11 is 0. The molecule has 19 heavy (non-hydrogen) atoms. The highest BCUT2D eigenvalue weighted by Gasteiger charge is 2.15. The lowest BCUT2D eigenvalue weighted by Gasteiger charge is -2.21. The van der Waals surface area contributed by atoms with Crippen LogP contribution in [0.2, 0.25) is 0 Å². The molecule has 0 saturated carbocycles. The zero-order valence-electron chi connectivity index (χ0n) is 12.1. The normalized spacial score (nSPS) is 10.4. The molecule has 110 valence electrons. The van der Waals surface area contributed by atoms with Gasteiger partial charge in [0.05, 0.1) is 21.3 Å². The molecule has 0 heterocycles. The molecule has 0 radical (unpaired) electrons. The molecule has 4 nitrogen and oxygen atoms in total. The van der Waals surface area contributed by atoms with Gasteiger partial charge in [-0.15, -0.1) is 0 Å². The molecule has 0 unspecified atom stereocenters. The molecule has 1 aromatic carbocycles. The van der Waals surface area contributed by atoms with Crippen molar-refractivity contribution in [3.63, 3.8) is 0 Å². The van der Waals surface area contributed by atoms with E-state index in [0.29, 0.717) is 17.2 Å². The van der Waals surface area contributed by atoms with Gasteiger partial charge in [-0.05, 0) is 5.41 Å². The van der Waals surface area contributed by atoms with Crippen molar-refractivity contribution in [2.24, 2.45) is 5.41 Å². The van der Waals surface area contributed by atoms with Gasteiger partial charge in [0.2, 0.25) is 5.75 Å². The van der Waals surface area contributed by atoms with Crippen molar-refractivity contribution in [3.05, 3.63) is 12.1 Å². The average molecular weight is 269 g/mol. The van der Waals surface area contributed by atoms with Crippen molar-refractivity contribution < 1.29 is 14.2 Å². The van der Waals surface area contributed by atoms with Crippen LogP contribution in [0, 0.1) is 5.41 Å². The van der Waals surface area contributed by atoms with Gasteiger partial charge in [0, 0.05) is 24.4 Å². The summed E-state index contributed by atoms with van der Waals surface area (Å²) in [6.07, 6.45) is 0. The summed E-state index contributed by atoms with van der Waals surface area (Å²) in [5.41, 5.74) is 1.17. The van der Waals surface area contributed by atoms with Crippen LogP contribution in [0.3, 0.4) is 0 Å². The Labute approximate surface area is 117 Å². The number of benzene rings is 1. The van der Waals surface area contributed by atoms with Gasteiger partial charge in [0.25, 0.3) is 0 Å². The van der Waals surface area contributed by atoms with E-state index in [9.17, 15) is 0 Å². The Bertz CT molecular complexity index is 372. The van der Waals surface area contributed by atoms with Crippen molar-refractivity contribution in [1.82, 2.24) is 0 Å². The molecule has 0 aromatic heterocycles. The first kappa shape index (κ1) is 17.4. The molecular weight excluding hydrogens is 242 g/mol. The number of hydrogen-bond donors (Lipinski definition) is 1. The SMILES string of the molecule is C.COc1cc(NCC(C)(C)C)cc(OC)c1OC. The molecule has 0 atom stereocenters. The predicted octanol–water partition coefficient (Wildman–Crippen LogP) is 3.81. The van der Waals surface area contributed by atoms with E-state index in [-0.39, 0.29) is 12.8 Å². The molecule has 0 spiro atoms. The van der Waals surface area contributed by atoms with Crippen LogP contribution < -0.4 is 19.5 Å². The number of ether oxygens (including phenoxy) is 3. The number of anilines is 1. The predicted molar refractivity (Wildman–Crippen MR) is 80.8 cm³/mol. The van der Waals surface area contributed by atoms with Gasteiger partial charge in [-0.1, -0.05) is 28.2 Å². The summed E-state index contributed by atoms with van der Waals surface area (Å²) in [6, 6.07) is 3.82. The first-order valence-electron chi connectivity index (χ1n) is 5.95. The summed E-state index contributed by atoms with van der Waals surface area (Å²) in [5, 5.41) is 3.37. The van der Waals surface area contributed by atoms with Crippen molar-refractivity contribution >= 4 is 5.69 Å². The summed E-state index contributed by atoms with van der Waals surface area (Å²) in [5.74, 6) is 1.93. The average Bonchev–Trinajstić information content (AvgIpc) is 2.33. The highest BCUT2D eigenvalue weighted by Crippen LogP contribution is 2.40. The van der Waals surface area contributed by atoms with E-state index in [1.54, 1.807) is 21.3 Å². The van der Waals surface area contributed by atoms with Gasteiger partial charge in [0.15, 0.2) is 11.5 Å². The number of rotatable bonds is 5. The van der Waals surface area contributed by atoms with E-state index in [1.165, 1.54) is 0 Å². The van der Waals surface area contributed by atoms with Crippen molar-refractivity contribution in [1.29, 1.82) is 0 Å². The van der Waals surface area contributed by atoms with Crippen LogP contribution >= 0.6 is 0 Å². The summed E-state index contributed by atoms with van der Waals surface area (Å²) in [7, 11) is 4.83. The molecule has 0 aliphatic heterocycles. The molecule has 0 fully saturated rings. The topological polar surface area (TPSA) is 39.7 Å². The molecular formula is C15H27NO3. The van der Waals surface area contributed by atoms with Gasteiger partial charge in [0.1, 0.15) is 0 Å². The van der Waals surface area contributed by atoms with E-state index >= 15 is 0 Å². The van der Waals surface area contributed by atoms with E-state index < -0.39 is 0 Å². The Hall–Kier alpha value is -1.58. The highest BCUT2D eigenvalue weighted by molar-refractivity contribution is 5.62. The molecule has 0 amide bonds. The van der Waals surface area contributed by atoms with Crippen LogP contribution in [0.25, 0.3) is 0 Å². The largest absolute Gasteiger partial charge is 0.493 e. The second-order valence-electron chi connectivity index (χ2n) is 5.33. The molecule has 0 saturated heterocycles. The molecule has 0 aliphatic carbocycles. The molecule has 1 rings (SSSR count). The van der Waals surface area contributed by atoms with E-state index in [4.69, 9.17) is 14.2 Å². The smallest absolute Gasteiger partial charge is 0.203 e. The third-order valence-corrected chi connectivity index (χ3v) is 2.49. The van der Waals surface area contributed by atoms with Gasteiger partial charge < -0.3 is 19.5 Å². The third-order valence-electron chi connectivity index (χ3n) is 2.49. The van der Waals surface area contributed by atoms with Gasteiger partial charge in [-0.25, -0.2) is 0 Å². The summed E-state index contributed by atoms with van der Waals surface area (Å²) in [6.45, 7) is 7.40. The summed E-state index contributed by atoms with van der Waals surface area (Å²) < 4.78 is 15.9. The molecule has 0 bridgehead atoms. The quantitative estimate of drug-likeness (QED) is 0.882. The Kier molecular flexibility index (Phi) is 6.53. The maximum atomic E-state index is 5.31. The molecule has 0 aliphatic rings. The fourth-order valence-corrected chi connectivity index (χ4v) is 1.55. The monoisotopic (exact) mass is 269 g/mol. The van der Waals surface area contributed by atoms with E-state index in [1.807, 2.05) is 12.1 Å². The van der Waals surface area contributed by atoms with Crippen LogP contribution in [-0.2, 0) is 0 Å². The second-order valence-corrected chi connectivity index (χ2v) is 5.33. The van der Waals surface area contributed by atoms with Crippen LogP contribution in [0.1, 0.15) is 28.2 Å². The number of nitrogens with one attached hydrogen (secondary N) is 1. The minimum atomic E-state index is 0. The lowest BCUT2D eigenvalue weighted by Crippen LogP contribution is -2.19. The van der Waals surface area contributed by atoms with Gasteiger partial charge in [-0.3, -0.25) is 0 Å². The van der Waals surface area contributed by atoms with Crippen molar-refractivity contribution in [2.75, 3.05) is 33.2 Å². The van der Waals surface area contributed by atoms with Crippen LogP contribution in [0.15, 0.2) is 12.1 Å². The van der Waals surface area contributed by atoms with E-state index in [2.05, 4.69) is 26.1 Å². The zero-order chi connectivity index (χ0) is 13.8. The molecule has 4 heteroatoms. The Morgan fingerprint density at radius 1 is 0.947 bits per heavy atom. The minimum absolute atomic E-state index is 0. The van der Waals surface area contributed by atoms with Crippen molar-refractivity contribution in [2.45, 2.75) is 28.2 Å². The fourth-order valence-electron chi connectivity index (χ4n) is 1.55. The number of hydrogen-bond acceptors (Lipinski definition) is 4. The van der Waals surface area contributed by atoms with Crippen LogP contribution in [0.4, 0.5) is 5.69 Å². The zero-order valence-corrected chi connectivity index (χ0v) is 12.1. The first-order valence-corrected chi connectivity index (χ1v) is 5.95. The minimum Gasteiger partial charge on any atom is -0.493 e. The van der Waals surface area contributed by atoms with Crippen molar-refractivity contribution in [3.8, 4) is 17.2 Å². The standard InChI is InChI=1S/C14H23NO3.CH4/c1-14(2,3)9-15-10-7-11(16-4)13(18-6)12(8-10)17-5;/h7-8,15H,9H2,1-6H3;1H4. The van der Waals surface area contributed by atoms with Gasteiger partial charge in [-0.2, -0.15) is 0 Å². The second kappa shape index (κ2) is 7.12. The lowest BCUT2D eigenvalue weighted by atomic mass is 9.97. The van der Waals surface area contributed by atoms with Crippen LogP contribution in [-0.4, -0.2) is 27.9 Å². The summed E-state index contributed by atoms with van der Waals surface area (Å²) in [4.78, 5) is 0. The van der Waals surface area contributed by atoms with Crippen LogP contribution in [0.5, 0.6) is 17.2 Å². The first-order chi connectivity index (χ1) is 8.41. The van der Waals surface area contributed by atoms with Gasteiger partial charge >= 0.3 is 0 Å². The van der Waals surface area contributed by atoms with E-state index in [0.717, 1.165) is 12.2 Å². The fraction of sp³-hybridized carbons (Fsp3) is 0.600. The molecule has 1 N–H and O–H groups in total. The Morgan fingerprint density at radius 3 is 1.74 bits per heavy atom. The Balaban J connectivity index is 0.00000324. The number of methoxy groups -OCH3 is 3. The third kappa shape index (κ3) is 4.89.